The molecule has 0 amide bonds. The summed E-state index contributed by atoms with van der Waals surface area (Å²) in [5, 5.41) is 9.97. The van der Waals surface area contributed by atoms with Gasteiger partial charge in [-0.25, -0.2) is 9.18 Å². The summed E-state index contributed by atoms with van der Waals surface area (Å²) in [5.41, 5.74) is -3.94. The minimum atomic E-state index is -4.37. The van der Waals surface area contributed by atoms with E-state index in [0.29, 0.717) is 0 Å². The first-order chi connectivity index (χ1) is 8.81. The van der Waals surface area contributed by atoms with Crippen LogP contribution in [0.2, 0.25) is 0 Å². The van der Waals surface area contributed by atoms with E-state index in [0.717, 1.165) is 12.1 Å². The van der Waals surface area contributed by atoms with Crippen molar-refractivity contribution in [3.63, 3.8) is 0 Å². The third-order valence-electron chi connectivity index (χ3n) is 2.56. The summed E-state index contributed by atoms with van der Waals surface area (Å²) in [5.74, 6) is -8.48. The van der Waals surface area contributed by atoms with Gasteiger partial charge in [-0.1, -0.05) is 18.2 Å². The zero-order valence-corrected chi connectivity index (χ0v) is 10.8. The molecule has 0 aromatic heterocycles. The smallest absolute Gasteiger partial charge is 0.380 e. The van der Waals surface area contributed by atoms with Crippen molar-refractivity contribution in [1.82, 2.24) is 0 Å². The Bertz CT molecular complexity index is 467. The molecule has 7 heteroatoms. The van der Waals surface area contributed by atoms with Gasteiger partial charge in [0.25, 0.3) is 0 Å². The highest BCUT2D eigenvalue weighted by Crippen LogP contribution is 2.40. The second-order valence-electron chi connectivity index (χ2n) is 3.77. The van der Waals surface area contributed by atoms with Crippen LogP contribution in [0.25, 0.3) is 0 Å². The highest BCUT2D eigenvalue weighted by atomic mass is 35.5. The molecule has 0 aliphatic rings. The highest BCUT2D eigenvalue weighted by Gasteiger charge is 2.61. The Morgan fingerprint density at radius 1 is 1.42 bits per heavy atom. The molecule has 106 valence electrons. The molecule has 19 heavy (non-hydrogen) atoms. The number of rotatable bonds is 5. The average Bonchev–Trinajstić information content (AvgIpc) is 2.38. The summed E-state index contributed by atoms with van der Waals surface area (Å²) in [6, 6.07) is 4.33. The molecule has 1 aromatic carbocycles. The quantitative estimate of drug-likeness (QED) is 0.670. The molecule has 0 aliphatic heterocycles. The second kappa shape index (κ2) is 5.79. The molecule has 1 aromatic rings. The maximum absolute atomic E-state index is 13.9. The first kappa shape index (κ1) is 15.8. The van der Waals surface area contributed by atoms with Crippen molar-refractivity contribution in [3.8, 4) is 0 Å². The third kappa shape index (κ3) is 2.69. The standard InChI is InChI=1S/C12H12ClF3O3/c1-2-19-10(17)12(15,16)11(18,7-13)8-5-3-4-6-9(8)14/h3-6,18H,2,7H2,1H3. The van der Waals surface area contributed by atoms with Crippen molar-refractivity contribution in [2.75, 3.05) is 12.5 Å². The van der Waals surface area contributed by atoms with Gasteiger partial charge in [0, 0.05) is 5.56 Å². The number of alkyl halides is 3. The Balaban J connectivity index is 3.31. The molecule has 3 nitrogen and oxygen atoms in total. The summed E-state index contributed by atoms with van der Waals surface area (Å²) < 4.78 is 45.6. The molecule has 1 atom stereocenters. The number of esters is 1. The van der Waals surface area contributed by atoms with Crippen LogP contribution in [0.15, 0.2) is 24.3 Å². The molecule has 1 unspecified atom stereocenters. The fraction of sp³-hybridized carbons (Fsp3) is 0.417. The van der Waals surface area contributed by atoms with E-state index in [2.05, 4.69) is 4.74 Å². The molecular weight excluding hydrogens is 285 g/mol. The van der Waals surface area contributed by atoms with Crippen LogP contribution < -0.4 is 0 Å². The average molecular weight is 297 g/mol. The van der Waals surface area contributed by atoms with Gasteiger partial charge in [-0.3, -0.25) is 0 Å². The number of carbonyl (C=O) groups is 1. The lowest BCUT2D eigenvalue weighted by Gasteiger charge is -2.32. The number of hydrogen-bond donors (Lipinski definition) is 1. The van der Waals surface area contributed by atoms with Crippen LogP contribution in [0.4, 0.5) is 13.2 Å². The van der Waals surface area contributed by atoms with Crippen LogP contribution in [0.5, 0.6) is 0 Å². The third-order valence-corrected chi connectivity index (χ3v) is 2.95. The van der Waals surface area contributed by atoms with Crippen molar-refractivity contribution >= 4 is 17.6 Å². The van der Waals surface area contributed by atoms with Crippen LogP contribution in [-0.2, 0) is 15.1 Å². The van der Waals surface area contributed by atoms with Gasteiger partial charge in [-0.2, -0.15) is 8.78 Å². The summed E-state index contributed by atoms with van der Waals surface area (Å²) >= 11 is 5.34. The lowest BCUT2D eigenvalue weighted by molar-refractivity contribution is -0.212. The van der Waals surface area contributed by atoms with Crippen LogP contribution in [0.3, 0.4) is 0 Å². The van der Waals surface area contributed by atoms with E-state index >= 15 is 0 Å². The second-order valence-corrected chi connectivity index (χ2v) is 4.04. The largest absolute Gasteiger partial charge is 0.461 e. The van der Waals surface area contributed by atoms with E-state index < -0.39 is 34.8 Å². The van der Waals surface area contributed by atoms with Gasteiger partial charge in [0.2, 0.25) is 0 Å². The first-order valence-corrected chi connectivity index (χ1v) is 5.93. The van der Waals surface area contributed by atoms with E-state index in [1.807, 2.05) is 0 Å². The van der Waals surface area contributed by atoms with Gasteiger partial charge in [0.15, 0.2) is 5.60 Å². The van der Waals surface area contributed by atoms with Gasteiger partial charge < -0.3 is 9.84 Å². The number of carbonyl (C=O) groups excluding carboxylic acids is 1. The Morgan fingerprint density at radius 3 is 2.47 bits per heavy atom. The molecule has 0 saturated heterocycles. The zero-order valence-electron chi connectivity index (χ0n) is 10.00. The molecule has 0 fully saturated rings. The molecule has 0 radical (unpaired) electrons. The van der Waals surface area contributed by atoms with Crippen molar-refractivity contribution < 1.29 is 27.8 Å². The van der Waals surface area contributed by atoms with E-state index in [1.54, 1.807) is 0 Å². The predicted octanol–water partition coefficient (Wildman–Crippen LogP) is 2.45. The molecule has 0 saturated carbocycles. The molecule has 0 bridgehead atoms. The number of ether oxygens (including phenoxy) is 1. The van der Waals surface area contributed by atoms with E-state index in [4.69, 9.17) is 11.6 Å². The van der Waals surface area contributed by atoms with E-state index in [1.165, 1.54) is 19.1 Å². The molecule has 0 spiro atoms. The topological polar surface area (TPSA) is 46.5 Å². The number of aliphatic hydroxyl groups is 1. The number of benzene rings is 1. The van der Waals surface area contributed by atoms with Crippen LogP contribution >= 0.6 is 11.6 Å². The lowest BCUT2D eigenvalue weighted by Crippen LogP contribution is -2.53. The van der Waals surface area contributed by atoms with Gasteiger partial charge in [-0.05, 0) is 13.0 Å². The Labute approximate surface area is 112 Å². The fourth-order valence-electron chi connectivity index (χ4n) is 1.51. The minimum absolute atomic E-state index is 0.302. The summed E-state index contributed by atoms with van der Waals surface area (Å²) in [7, 11) is 0. The summed E-state index contributed by atoms with van der Waals surface area (Å²) in [4.78, 5) is 11.2. The van der Waals surface area contributed by atoms with Crippen LogP contribution in [-0.4, -0.2) is 29.5 Å². The predicted molar refractivity (Wildman–Crippen MR) is 62.6 cm³/mol. The maximum atomic E-state index is 13.9. The summed E-state index contributed by atoms with van der Waals surface area (Å²) in [6.07, 6.45) is 0. The van der Waals surface area contributed by atoms with Gasteiger partial charge >= 0.3 is 11.9 Å². The van der Waals surface area contributed by atoms with Gasteiger partial charge in [0.05, 0.1) is 12.5 Å². The minimum Gasteiger partial charge on any atom is -0.461 e. The van der Waals surface area contributed by atoms with E-state index in [-0.39, 0.29) is 6.61 Å². The van der Waals surface area contributed by atoms with Crippen molar-refractivity contribution in [2.24, 2.45) is 0 Å². The van der Waals surface area contributed by atoms with Gasteiger partial charge in [0.1, 0.15) is 5.82 Å². The lowest BCUT2D eigenvalue weighted by atomic mass is 9.88. The monoisotopic (exact) mass is 296 g/mol. The molecule has 1 rings (SSSR count). The number of hydrogen-bond acceptors (Lipinski definition) is 3. The van der Waals surface area contributed by atoms with Crippen LogP contribution in [0, 0.1) is 5.82 Å². The SMILES string of the molecule is CCOC(=O)C(F)(F)C(O)(CCl)c1ccccc1F. The van der Waals surface area contributed by atoms with Gasteiger partial charge in [-0.15, -0.1) is 11.6 Å². The zero-order chi connectivity index (χ0) is 14.7. The molecule has 0 heterocycles. The first-order valence-electron chi connectivity index (χ1n) is 5.39. The van der Waals surface area contributed by atoms with Crippen molar-refractivity contribution in [1.29, 1.82) is 0 Å². The normalized spacial score (nSPS) is 14.8. The highest BCUT2D eigenvalue weighted by molar-refractivity contribution is 6.19. The van der Waals surface area contributed by atoms with Crippen LogP contribution in [0.1, 0.15) is 12.5 Å². The molecule has 1 N–H and O–H groups in total. The Morgan fingerprint density at radius 2 is 2.00 bits per heavy atom. The van der Waals surface area contributed by atoms with Crippen molar-refractivity contribution in [3.05, 3.63) is 35.6 Å². The number of halogens is 4. The molecule has 0 aliphatic carbocycles. The van der Waals surface area contributed by atoms with Crippen molar-refractivity contribution in [2.45, 2.75) is 18.4 Å². The summed E-state index contributed by atoms with van der Waals surface area (Å²) in [6.45, 7) is 1.03. The molecular formula is C12H12ClF3O3. The maximum Gasteiger partial charge on any atom is 0.380 e. The Hall–Kier alpha value is -1.27. The fourth-order valence-corrected chi connectivity index (χ4v) is 1.82. The Kier molecular flexibility index (Phi) is 4.81. The van der Waals surface area contributed by atoms with E-state index in [9.17, 15) is 23.1 Å².